The van der Waals surface area contributed by atoms with Crippen LogP contribution in [0.1, 0.15) is 27.3 Å². The highest BCUT2D eigenvalue weighted by atomic mass is 32.1. The molecule has 102 valence electrons. The number of carbonyl (C=O) groups is 1. The number of nitro groups is 1. The molecule has 0 aliphatic heterocycles. The summed E-state index contributed by atoms with van der Waals surface area (Å²) in [7, 11) is 0. The number of nitro benzene ring substituents is 1. The van der Waals surface area contributed by atoms with Crippen LogP contribution in [0.25, 0.3) is 0 Å². The van der Waals surface area contributed by atoms with E-state index in [2.05, 4.69) is 10.3 Å². The first-order valence-electron chi connectivity index (χ1n) is 6.18. The Kier molecular flexibility index (Phi) is 3.19. The molecular weight excluding hydrogens is 278 g/mol. The van der Waals surface area contributed by atoms with Gasteiger partial charge in [0.25, 0.3) is 11.6 Å². The van der Waals surface area contributed by atoms with Gasteiger partial charge in [-0.15, -0.1) is 11.3 Å². The van der Waals surface area contributed by atoms with Gasteiger partial charge in [-0.25, -0.2) is 4.98 Å². The summed E-state index contributed by atoms with van der Waals surface area (Å²) < 4.78 is 0. The SMILES string of the molecule is O=C(Nc1nc2c(s1)CCC2)c1cccc([N+](=O)[O-])c1. The third-order valence-corrected chi connectivity index (χ3v) is 4.21. The van der Waals surface area contributed by atoms with Gasteiger partial charge in [0.15, 0.2) is 5.13 Å². The Labute approximate surface area is 118 Å². The van der Waals surface area contributed by atoms with Crippen LogP contribution in [-0.2, 0) is 12.8 Å². The molecule has 1 aliphatic rings. The van der Waals surface area contributed by atoms with Gasteiger partial charge in [-0.05, 0) is 25.3 Å². The Morgan fingerprint density at radius 1 is 1.40 bits per heavy atom. The van der Waals surface area contributed by atoms with Crippen LogP contribution < -0.4 is 5.32 Å². The highest BCUT2D eigenvalue weighted by molar-refractivity contribution is 7.15. The minimum atomic E-state index is -0.519. The van der Waals surface area contributed by atoms with Crippen LogP contribution in [-0.4, -0.2) is 15.8 Å². The molecule has 20 heavy (non-hydrogen) atoms. The van der Waals surface area contributed by atoms with E-state index < -0.39 is 4.92 Å². The van der Waals surface area contributed by atoms with Crippen molar-refractivity contribution in [2.24, 2.45) is 0 Å². The van der Waals surface area contributed by atoms with E-state index >= 15 is 0 Å². The summed E-state index contributed by atoms with van der Waals surface area (Å²) in [5.41, 5.74) is 1.22. The number of anilines is 1. The van der Waals surface area contributed by atoms with E-state index in [1.807, 2.05) is 0 Å². The average molecular weight is 289 g/mol. The molecule has 1 amide bonds. The number of thiazole rings is 1. The van der Waals surface area contributed by atoms with E-state index in [1.54, 1.807) is 6.07 Å². The van der Waals surface area contributed by atoms with Crippen LogP contribution in [0.4, 0.5) is 10.8 Å². The molecule has 1 N–H and O–H groups in total. The fourth-order valence-electron chi connectivity index (χ4n) is 2.17. The summed E-state index contributed by atoms with van der Waals surface area (Å²) in [6, 6.07) is 5.66. The topological polar surface area (TPSA) is 85.1 Å². The summed E-state index contributed by atoms with van der Waals surface area (Å²) in [6.45, 7) is 0. The molecule has 0 saturated carbocycles. The van der Waals surface area contributed by atoms with Gasteiger partial charge in [-0.3, -0.25) is 20.2 Å². The minimum Gasteiger partial charge on any atom is -0.298 e. The number of hydrogen-bond donors (Lipinski definition) is 1. The van der Waals surface area contributed by atoms with Gasteiger partial charge in [0, 0.05) is 22.6 Å². The van der Waals surface area contributed by atoms with Gasteiger partial charge >= 0.3 is 0 Å². The fraction of sp³-hybridized carbons (Fsp3) is 0.231. The number of hydrogen-bond acceptors (Lipinski definition) is 5. The second-order valence-electron chi connectivity index (χ2n) is 4.50. The largest absolute Gasteiger partial charge is 0.298 e. The lowest BCUT2D eigenvalue weighted by Gasteiger charge is -2.01. The average Bonchev–Trinajstić information content (AvgIpc) is 2.99. The highest BCUT2D eigenvalue weighted by Crippen LogP contribution is 2.30. The molecule has 2 aromatic rings. The molecular formula is C13H11N3O3S. The van der Waals surface area contributed by atoms with Crippen molar-refractivity contribution in [3.63, 3.8) is 0 Å². The van der Waals surface area contributed by atoms with E-state index in [9.17, 15) is 14.9 Å². The molecule has 0 atom stereocenters. The van der Waals surface area contributed by atoms with Gasteiger partial charge in [-0.2, -0.15) is 0 Å². The lowest BCUT2D eigenvalue weighted by atomic mass is 10.2. The first-order chi connectivity index (χ1) is 9.63. The minimum absolute atomic E-state index is 0.0979. The second-order valence-corrected chi connectivity index (χ2v) is 5.59. The predicted molar refractivity (Wildman–Crippen MR) is 75.2 cm³/mol. The standard InChI is InChI=1S/C13H11N3O3S/c17-12(8-3-1-4-9(7-8)16(18)19)15-13-14-10-5-2-6-11(10)20-13/h1,3-4,7H,2,5-6H2,(H,14,15,17). The van der Waals surface area contributed by atoms with Crippen molar-refractivity contribution in [2.45, 2.75) is 19.3 Å². The zero-order valence-electron chi connectivity index (χ0n) is 10.5. The zero-order valence-corrected chi connectivity index (χ0v) is 11.3. The molecule has 0 spiro atoms. The fourth-order valence-corrected chi connectivity index (χ4v) is 3.22. The first-order valence-corrected chi connectivity index (χ1v) is 6.99. The maximum Gasteiger partial charge on any atom is 0.270 e. The van der Waals surface area contributed by atoms with Crippen molar-refractivity contribution >= 4 is 28.1 Å². The summed E-state index contributed by atoms with van der Waals surface area (Å²) in [5.74, 6) is -0.374. The number of non-ortho nitro benzene ring substituents is 1. The number of carbonyl (C=O) groups excluding carboxylic acids is 1. The zero-order chi connectivity index (χ0) is 14.1. The van der Waals surface area contributed by atoms with Crippen LogP contribution in [0.15, 0.2) is 24.3 Å². The summed E-state index contributed by atoms with van der Waals surface area (Å²) >= 11 is 1.48. The Morgan fingerprint density at radius 2 is 2.25 bits per heavy atom. The molecule has 0 unspecified atom stereocenters. The summed E-state index contributed by atoms with van der Waals surface area (Å²) in [6.07, 6.45) is 3.09. The van der Waals surface area contributed by atoms with Crippen molar-refractivity contribution in [3.8, 4) is 0 Å². The summed E-state index contributed by atoms with van der Waals surface area (Å²) in [4.78, 5) is 27.8. The second kappa shape index (κ2) is 5.01. The van der Waals surface area contributed by atoms with E-state index in [0.29, 0.717) is 5.13 Å². The Bertz CT molecular complexity index is 674. The maximum atomic E-state index is 12.0. The molecule has 1 aromatic heterocycles. The number of nitrogens with zero attached hydrogens (tertiary/aromatic N) is 2. The molecule has 1 heterocycles. The number of nitrogens with one attached hydrogen (secondary N) is 1. The summed E-state index contributed by atoms with van der Waals surface area (Å²) in [5, 5.41) is 14.0. The van der Waals surface area contributed by atoms with Crippen LogP contribution in [0.5, 0.6) is 0 Å². The van der Waals surface area contributed by atoms with Gasteiger partial charge in [-0.1, -0.05) is 6.07 Å². The van der Waals surface area contributed by atoms with Crippen molar-refractivity contribution in [3.05, 3.63) is 50.5 Å². The van der Waals surface area contributed by atoms with Crippen LogP contribution in [0, 0.1) is 10.1 Å². The van der Waals surface area contributed by atoms with Crippen LogP contribution in [0.2, 0.25) is 0 Å². The first kappa shape index (κ1) is 12.7. The van der Waals surface area contributed by atoms with Gasteiger partial charge in [0.05, 0.1) is 10.6 Å². The predicted octanol–water partition coefficient (Wildman–Crippen LogP) is 2.79. The Hall–Kier alpha value is -2.28. The highest BCUT2D eigenvalue weighted by Gasteiger charge is 2.18. The van der Waals surface area contributed by atoms with E-state index in [0.717, 1.165) is 25.0 Å². The van der Waals surface area contributed by atoms with Crippen molar-refractivity contribution in [1.82, 2.24) is 4.98 Å². The Morgan fingerprint density at radius 3 is 3.00 bits per heavy atom. The molecule has 1 aliphatic carbocycles. The molecule has 7 heteroatoms. The van der Waals surface area contributed by atoms with E-state index in [1.165, 1.54) is 34.4 Å². The van der Waals surface area contributed by atoms with Gasteiger partial charge < -0.3 is 0 Å². The van der Waals surface area contributed by atoms with Gasteiger partial charge in [0.2, 0.25) is 0 Å². The number of fused-ring (bicyclic) bond motifs is 1. The molecule has 0 radical (unpaired) electrons. The van der Waals surface area contributed by atoms with Gasteiger partial charge in [0.1, 0.15) is 0 Å². The van der Waals surface area contributed by atoms with Crippen LogP contribution >= 0.6 is 11.3 Å². The maximum absolute atomic E-state index is 12.0. The smallest absolute Gasteiger partial charge is 0.270 e. The molecule has 3 rings (SSSR count). The monoisotopic (exact) mass is 289 g/mol. The lowest BCUT2D eigenvalue weighted by Crippen LogP contribution is -2.12. The third-order valence-electron chi connectivity index (χ3n) is 3.14. The quantitative estimate of drug-likeness (QED) is 0.695. The normalized spacial score (nSPS) is 13.0. The molecule has 0 bridgehead atoms. The number of aromatic nitrogens is 1. The molecule has 1 aromatic carbocycles. The molecule has 0 saturated heterocycles. The molecule has 6 nitrogen and oxygen atoms in total. The van der Waals surface area contributed by atoms with E-state index in [-0.39, 0.29) is 17.2 Å². The molecule has 0 fully saturated rings. The van der Waals surface area contributed by atoms with Crippen LogP contribution in [0.3, 0.4) is 0 Å². The van der Waals surface area contributed by atoms with Crippen molar-refractivity contribution in [2.75, 3.05) is 5.32 Å². The van der Waals surface area contributed by atoms with Crippen molar-refractivity contribution in [1.29, 1.82) is 0 Å². The lowest BCUT2D eigenvalue weighted by molar-refractivity contribution is -0.384. The third kappa shape index (κ3) is 2.39. The number of amides is 1. The van der Waals surface area contributed by atoms with Crippen molar-refractivity contribution < 1.29 is 9.72 Å². The van der Waals surface area contributed by atoms with E-state index in [4.69, 9.17) is 0 Å². The number of rotatable bonds is 3. The Balaban J connectivity index is 1.78. The number of aryl methyl sites for hydroxylation is 2. The number of benzene rings is 1.